The van der Waals surface area contributed by atoms with Crippen molar-refractivity contribution < 1.29 is 17.9 Å². The van der Waals surface area contributed by atoms with E-state index >= 15 is 0 Å². The Labute approximate surface area is 115 Å². The maximum absolute atomic E-state index is 12.0. The zero-order chi connectivity index (χ0) is 13.9. The van der Waals surface area contributed by atoms with Crippen molar-refractivity contribution in [3.63, 3.8) is 0 Å². The Morgan fingerprint density at radius 2 is 2.05 bits per heavy atom. The van der Waals surface area contributed by atoms with Crippen LogP contribution in [0.3, 0.4) is 0 Å². The summed E-state index contributed by atoms with van der Waals surface area (Å²) in [6.07, 6.45) is -1.95. The van der Waals surface area contributed by atoms with E-state index in [0.717, 1.165) is 4.47 Å². The van der Waals surface area contributed by atoms with Gasteiger partial charge in [-0.3, -0.25) is 4.98 Å². The third-order valence-corrected chi connectivity index (χ3v) is 2.80. The van der Waals surface area contributed by atoms with E-state index < -0.39 is 12.6 Å². The smallest absolute Gasteiger partial charge is 0.389 e. The van der Waals surface area contributed by atoms with Crippen molar-refractivity contribution in [3.8, 4) is 5.75 Å². The van der Waals surface area contributed by atoms with Gasteiger partial charge in [0.1, 0.15) is 11.3 Å². The van der Waals surface area contributed by atoms with Gasteiger partial charge in [-0.1, -0.05) is 0 Å². The summed E-state index contributed by atoms with van der Waals surface area (Å²) >= 11 is 3.27. The summed E-state index contributed by atoms with van der Waals surface area (Å²) in [5.41, 5.74) is 1.17. The van der Waals surface area contributed by atoms with Crippen LogP contribution in [-0.2, 0) is 0 Å². The molecular formula is C12H10BrF3N2O. The van der Waals surface area contributed by atoms with Crippen LogP contribution in [0.2, 0.25) is 0 Å². The molecule has 102 valence electrons. The lowest BCUT2D eigenvalue weighted by Crippen LogP contribution is -2.09. The van der Waals surface area contributed by atoms with Gasteiger partial charge in [0.25, 0.3) is 0 Å². The predicted molar refractivity (Wildman–Crippen MR) is 68.0 cm³/mol. The zero-order valence-corrected chi connectivity index (χ0v) is 11.3. The maximum atomic E-state index is 12.0. The van der Waals surface area contributed by atoms with Crippen LogP contribution in [0.5, 0.6) is 5.75 Å². The number of rotatable bonds is 4. The summed E-state index contributed by atoms with van der Waals surface area (Å²) in [6.45, 7) is -0.00360. The highest BCUT2D eigenvalue weighted by molar-refractivity contribution is 9.10. The average Bonchev–Trinajstić information content (AvgIpc) is 2.33. The van der Waals surface area contributed by atoms with E-state index in [-0.39, 0.29) is 13.0 Å². The lowest BCUT2D eigenvalue weighted by molar-refractivity contribution is -0.136. The first kappa shape index (κ1) is 14.0. The first-order chi connectivity index (χ1) is 8.96. The van der Waals surface area contributed by atoms with Gasteiger partial charge in [-0.15, -0.1) is 0 Å². The van der Waals surface area contributed by atoms with Crippen molar-refractivity contribution in [2.75, 3.05) is 6.61 Å². The van der Waals surface area contributed by atoms with Crippen molar-refractivity contribution in [1.82, 2.24) is 9.97 Å². The predicted octanol–water partition coefficient (Wildman–Crippen LogP) is 4.11. The molecule has 0 N–H and O–H groups in total. The quantitative estimate of drug-likeness (QED) is 0.789. The molecule has 0 bridgehead atoms. The van der Waals surface area contributed by atoms with Crippen molar-refractivity contribution >= 4 is 27.0 Å². The van der Waals surface area contributed by atoms with Crippen molar-refractivity contribution in [3.05, 3.63) is 29.0 Å². The van der Waals surface area contributed by atoms with E-state index in [9.17, 15) is 13.2 Å². The number of hydrogen-bond acceptors (Lipinski definition) is 3. The SMILES string of the molecule is FC(F)(F)CCCOc1ccnc2cc(Br)cnc12. The molecule has 3 nitrogen and oxygen atoms in total. The molecule has 0 aliphatic carbocycles. The number of halogens is 4. The van der Waals surface area contributed by atoms with E-state index in [4.69, 9.17) is 4.74 Å². The molecule has 0 aliphatic heterocycles. The van der Waals surface area contributed by atoms with Crippen LogP contribution in [0.1, 0.15) is 12.8 Å². The molecule has 7 heteroatoms. The van der Waals surface area contributed by atoms with Crippen LogP contribution in [0.4, 0.5) is 13.2 Å². The normalized spacial score (nSPS) is 11.8. The van der Waals surface area contributed by atoms with Crippen LogP contribution < -0.4 is 4.74 Å². The van der Waals surface area contributed by atoms with E-state index in [1.807, 2.05) is 0 Å². The number of ether oxygens (including phenoxy) is 1. The molecule has 0 fully saturated rings. The third kappa shape index (κ3) is 4.05. The van der Waals surface area contributed by atoms with Crippen LogP contribution in [-0.4, -0.2) is 22.8 Å². The first-order valence-electron chi connectivity index (χ1n) is 5.55. The monoisotopic (exact) mass is 334 g/mol. The molecule has 2 rings (SSSR count). The number of aromatic nitrogens is 2. The zero-order valence-electron chi connectivity index (χ0n) is 9.75. The third-order valence-electron chi connectivity index (χ3n) is 2.37. The number of hydrogen-bond donors (Lipinski definition) is 0. The van der Waals surface area contributed by atoms with Crippen LogP contribution in [0.15, 0.2) is 29.0 Å². The molecule has 0 spiro atoms. The van der Waals surface area contributed by atoms with Crippen LogP contribution >= 0.6 is 15.9 Å². The lowest BCUT2D eigenvalue weighted by Gasteiger charge is -2.09. The average molecular weight is 335 g/mol. The lowest BCUT2D eigenvalue weighted by atomic mass is 10.3. The van der Waals surface area contributed by atoms with Gasteiger partial charge < -0.3 is 4.74 Å². The molecule has 0 radical (unpaired) electrons. The van der Waals surface area contributed by atoms with Crippen molar-refractivity contribution in [2.45, 2.75) is 19.0 Å². The second-order valence-corrected chi connectivity index (χ2v) is 4.81. The second kappa shape index (κ2) is 5.73. The number of fused-ring (bicyclic) bond motifs is 1. The molecule has 2 heterocycles. The standard InChI is InChI=1S/C12H10BrF3N2O/c13-8-6-9-11(18-7-8)10(2-4-17-9)19-5-1-3-12(14,15)16/h2,4,6-7H,1,3,5H2. The molecule has 0 saturated carbocycles. The molecule has 0 amide bonds. The van der Waals surface area contributed by atoms with Gasteiger partial charge in [-0.25, -0.2) is 4.98 Å². The molecule has 2 aromatic rings. The van der Waals surface area contributed by atoms with Crippen molar-refractivity contribution in [2.24, 2.45) is 0 Å². The topological polar surface area (TPSA) is 35.0 Å². The van der Waals surface area contributed by atoms with E-state index in [0.29, 0.717) is 16.8 Å². The largest absolute Gasteiger partial charge is 0.491 e. The fourth-order valence-electron chi connectivity index (χ4n) is 1.55. The Morgan fingerprint density at radius 1 is 1.26 bits per heavy atom. The number of pyridine rings is 2. The molecule has 0 unspecified atom stereocenters. The minimum absolute atomic E-state index is 0.00360. The van der Waals surface area contributed by atoms with Gasteiger partial charge in [0, 0.05) is 29.4 Å². The second-order valence-electron chi connectivity index (χ2n) is 3.90. The molecule has 0 saturated heterocycles. The van der Waals surface area contributed by atoms with Gasteiger partial charge in [0.05, 0.1) is 12.1 Å². The van der Waals surface area contributed by atoms with Gasteiger partial charge in [0.15, 0.2) is 0 Å². The molecule has 0 aliphatic rings. The highest BCUT2D eigenvalue weighted by Crippen LogP contribution is 2.25. The first-order valence-corrected chi connectivity index (χ1v) is 6.35. The maximum Gasteiger partial charge on any atom is 0.389 e. The fraction of sp³-hybridized carbons (Fsp3) is 0.333. The summed E-state index contributed by atoms with van der Waals surface area (Å²) in [4.78, 5) is 8.27. The van der Waals surface area contributed by atoms with E-state index in [1.54, 1.807) is 18.3 Å². The highest BCUT2D eigenvalue weighted by atomic mass is 79.9. The summed E-state index contributed by atoms with van der Waals surface area (Å²) in [5.74, 6) is 0.444. The van der Waals surface area contributed by atoms with Gasteiger partial charge >= 0.3 is 6.18 Å². The van der Waals surface area contributed by atoms with Gasteiger partial charge in [-0.05, 0) is 28.4 Å². The van der Waals surface area contributed by atoms with E-state index in [1.165, 1.54) is 6.20 Å². The number of nitrogens with zero attached hydrogens (tertiary/aromatic N) is 2. The van der Waals surface area contributed by atoms with Crippen LogP contribution in [0.25, 0.3) is 11.0 Å². The van der Waals surface area contributed by atoms with E-state index in [2.05, 4.69) is 25.9 Å². The summed E-state index contributed by atoms with van der Waals surface area (Å²) in [6, 6.07) is 3.36. The number of alkyl halides is 3. The van der Waals surface area contributed by atoms with Gasteiger partial charge in [-0.2, -0.15) is 13.2 Å². The Kier molecular flexibility index (Phi) is 4.24. The summed E-state index contributed by atoms with van der Waals surface area (Å²) in [7, 11) is 0. The summed E-state index contributed by atoms with van der Waals surface area (Å²) < 4.78 is 42.1. The van der Waals surface area contributed by atoms with Crippen LogP contribution in [0, 0.1) is 0 Å². The Morgan fingerprint density at radius 3 is 2.79 bits per heavy atom. The minimum Gasteiger partial charge on any atom is -0.491 e. The highest BCUT2D eigenvalue weighted by Gasteiger charge is 2.26. The molecule has 19 heavy (non-hydrogen) atoms. The Bertz CT molecular complexity index is 574. The Balaban J connectivity index is 2.05. The molecule has 2 aromatic heterocycles. The molecule has 0 aromatic carbocycles. The molecular weight excluding hydrogens is 325 g/mol. The molecule has 0 atom stereocenters. The van der Waals surface area contributed by atoms with Gasteiger partial charge in [0.2, 0.25) is 0 Å². The summed E-state index contributed by atoms with van der Waals surface area (Å²) in [5, 5.41) is 0. The van der Waals surface area contributed by atoms with Crippen molar-refractivity contribution in [1.29, 1.82) is 0 Å². The fourth-order valence-corrected chi connectivity index (χ4v) is 1.87. The Hall–Kier alpha value is -1.37. The minimum atomic E-state index is -4.15.